The van der Waals surface area contributed by atoms with Crippen molar-refractivity contribution >= 4 is 57.6 Å². The van der Waals surface area contributed by atoms with Crippen LogP contribution >= 0.6 is 23.2 Å². The lowest BCUT2D eigenvalue weighted by atomic mass is 10.0. The van der Waals surface area contributed by atoms with Gasteiger partial charge in [0, 0.05) is 67.3 Å². The number of hydrogen-bond acceptors (Lipinski definition) is 9. The van der Waals surface area contributed by atoms with Crippen molar-refractivity contribution in [3.63, 3.8) is 0 Å². The monoisotopic (exact) mass is 685 g/mol. The van der Waals surface area contributed by atoms with Gasteiger partial charge in [-0.1, -0.05) is 47.5 Å². The van der Waals surface area contributed by atoms with Crippen molar-refractivity contribution in [2.75, 3.05) is 56.2 Å². The molecule has 3 aliphatic heterocycles. The number of ether oxygens (including phenoxy) is 1. The number of piperazine rings is 1. The van der Waals surface area contributed by atoms with Crippen LogP contribution in [0.4, 0.5) is 11.5 Å². The number of halogens is 2. The van der Waals surface area contributed by atoms with Crippen LogP contribution in [0.2, 0.25) is 10.2 Å². The highest BCUT2D eigenvalue weighted by Gasteiger charge is 2.34. The van der Waals surface area contributed by atoms with Crippen molar-refractivity contribution in [1.29, 1.82) is 5.26 Å². The molecule has 0 radical (unpaired) electrons. The number of likely N-dealkylation sites (N-methyl/N-ethyl adjacent to an activating group) is 1. The van der Waals surface area contributed by atoms with Gasteiger partial charge in [0.25, 0.3) is 0 Å². The van der Waals surface area contributed by atoms with E-state index in [1.165, 1.54) is 12.4 Å². The Morgan fingerprint density at radius 2 is 1.94 bits per heavy atom. The van der Waals surface area contributed by atoms with Gasteiger partial charge in [-0.25, -0.2) is 4.98 Å². The van der Waals surface area contributed by atoms with Crippen LogP contribution in [0.15, 0.2) is 55.0 Å². The highest BCUT2D eigenvalue weighted by molar-refractivity contribution is 6.36. The van der Waals surface area contributed by atoms with Gasteiger partial charge >= 0.3 is 6.01 Å². The zero-order valence-electron chi connectivity index (χ0n) is 26.8. The zero-order valence-corrected chi connectivity index (χ0v) is 28.3. The quantitative estimate of drug-likeness (QED) is 0.229. The Morgan fingerprint density at radius 3 is 2.71 bits per heavy atom. The molecule has 0 saturated carbocycles. The number of benzene rings is 2. The Bertz CT molecular complexity index is 1880. The number of amides is 1. The van der Waals surface area contributed by atoms with Crippen molar-refractivity contribution < 1.29 is 9.53 Å². The molecule has 0 bridgehead atoms. The second-order valence-corrected chi connectivity index (χ2v) is 13.4. The van der Waals surface area contributed by atoms with Gasteiger partial charge in [-0.3, -0.25) is 4.79 Å². The molecule has 5 heterocycles. The lowest BCUT2D eigenvalue weighted by molar-refractivity contribution is -0.128. The fraction of sp³-hybridized carbons (Fsp3) is 0.400. The summed E-state index contributed by atoms with van der Waals surface area (Å²) in [4.78, 5) is 35.9. The molecule has 7 rings (SSSR count). The molecular weight excluding hydrogens is 649 g/mol. The van der Waals surface area contributed by atoms with Crippen LogP contribution in [0, 0.1) is 11.3 Å². The number of anilines is 2. The Balaban J connectivity index is 1.17. The Morgan fingerprint density at radius 1 is 1.08 bits per heavy atom. The van der Waals surface area contributed by atoms with Gasteiger partial charge in [-0.15, -0.1) is 0 Å². The average molecular weight is 687 g/mol. The molecular formula is C35H37Cl2N9O2. The van der Waals surface area contributed by atoms with Gasteiger partial charge in [0.1, 0.15) is 23.9 Å². The molecule has 13 heteroatoms. The van der Waals surface area contributed by atoms with Crippen LogP contribution < -0.4 is 14.5 Å². The Hall–Kier alpha value is -4.37. The van der Waals surface area contributed by atoms with Crippen molar-refractivity contribution in [1.82, 2.24) is 29.3 Å². The summed E-state index contributed by atoms with van der Waals surface area (Å²) >= 11 is 12.6. The topological polar surface area (TPSA) is 107 Å². The maximum absolute atomic E-state index is 13.3. The third kappa shape index (κ3) is 6.65. The molecule has 48 heavy (non-hydrogen) atoms. The SMILES string of the molecule is CN1CCC[C@H]1COc1nc2c(c(N3CCN(C(=O)/C=C/n4cnc(Cl)c4)[C@@H](CC#N)C3)n1)CCN(c1cccc3cccc(Cl)c13)C2. The van der Waals surface area contributed by atoms with Crippen LogP contribution in [0.1, 0.15) is 30.5 Å². The summed E-state index contributed by atoms with van der Waals surface area (Å²) in [7, 11) is 2.13. The second-order valence-electron chi connectivity index (χ2n) is 12.6. The first-order chi connectivity index (χ1) is 23.4. The number of hydrogen-bond donors (Lipinski definition) is 0. The van der Waals surface area contributed by atoms with Crippen LogP contribution in [0.25, 0.3) is 17.0 Å². The van der Waals surface area contributed by atoms with E-state index >= 15 is 0 Å². The lowest BCUT2D eigenvalue weighted by Crippen LogP contribution is -2.55. The molecule has 3 aliphatic rings. The molecule has 11 nitrogen and oxygen atoms in total. The lowest BCUT2D eigenvalue weighted by Gasteiger charge is -2.42. The van der Waals surface area contributed by atoms with Crippen molar-refractivity contribution in [2.45, 2.75) is 44.3 Å². The van der Waals surface area contributed by atoms with Gasteiger partial charge in [-0.05, 0) is 50.4 Å². The van der Waals surface area contributed by atoms with Crippen molar-refractivity contribution in [3.05, 3.63) is 76.4 Å². The minimum Gasteiger partial charge on any atom is -0.462 e. The summed E-state index contributed by atoms with van der Waals surface area (Å²) in [6.07, 6.45) is 9.44. The number of carbonyl (C=O) groups excluding carboxylic acids is 1. The fourth-order valence-corrected chi connectivity index (χ4v) is 7.51. The van der Waals surface area contributed by atoms with Crippen molar-refractivity contribution in [3.8, 4) is 12.1 Å². The van der Waals surface area contributed by atoms with Crippen molar-refractivity contribution in [2.24, 2.45) is 0 Å². The minimum absolute atomic E-state index is 0.168. The first kappa shape index (κ1) is 32.2. The third-order valence-corrected chi connectivity index (χ3v) is 10.1. The average Bonchev–Trinajstić information content (AvgIpc) is 3.72. The Kier molecular flexibility index (Phi) is 9.39. The van der Waals surface area contributed by atoms with Gasteiger partial charge in [0.05, 0.1) is 35.8 Å². The predicted molar refractivity (Wildman–Crippen MR) is 187 cm³/mol. The molecule has 0 N–H and O–H groups in total. The normalized spacial score (nSPS) is 20.0. The first-order valence-corrected chi connectivity index (χ1v) is 17.1. The number of rotatable bonds is 8. The minimum atomic E-state index is -0.313. The number of aromatic nitrogens is 4. The van der Waals surface area contributed by atoms with Crippen LogP contribution in [-0.2, 0) is 17.8 Å². The van der Waals surface area contributed by atoms with E-state index in [0.717, 1.165) is 70.9 Å². The maximum atomic E-state index is 13.3. The summed E-state index contributed by atoms with van der Waals surface area (Å²) in [5, 5.41) is 12.9. The largest absolute Gasteiger partial charge is 0.462 e. The van der Waals surface area contributed by atoms with E-state index in [-0.39, 0.29) is 18.4 Å². The molecule has 2 atom stereocenters. The van der Waals surface area contributed by atoms with E-state index in [1.807, 2.05) is 12.1 Å². The molecule has 2 fully saturated rings. The summed E-state index contributed by atoms with van der Waals surface area (Å²) in [5.74, 6) is 0.655. The van der Waals surface area contributed by atoms with Gasteiger partial charge in [0.15, 0.2) is 0 Å². The number of nitrogens with zero attached hydrogens (tertiary/aromatic N) is 9. The maximum Gasteiger partial charge on any atom is 0.318 e. The third-order valence-electron chi connectivity index (χ3n) is 9.62. The van der Waals surface area contributed by atoms with E-state index in [1.54, 1.807) is 21.9 Å². The number of nitriles is 1. The summed E-state index contributed by atoms with van der Waals surface area (Å²) in [5.41, 5.74) is 3.07. The summed E-state index contributed by atoms with van der Waals surface area (Å²) < 4.78 is 7.95. The standard InChI is InChI=1S/C35H37Cl2N9O2/c1-42-14-4-7-26(42)22-48-35-40-29-20-44(30-9-3-6-24-5-2-8-28(36)33(24)30)16-11-27(29)34(41-35)45-17-18-46(25(19-45)10-13-38)32(47)12-15-43-21-31(37)39-23-43/h2-3,5-6,8-9,12,15,21,23,25-26H,4,7,10-11,14,16-20,22H2,1H3/b15-12+/t25-,26-/m0/s1. The molecule has 0 aliphatic carbocycles. The molecule has 0 spiro atoms. The molecule has 2 saturated heterocycles. The first-order valence-electron chi connectivity index (χ1n) is 16.3. The molecule has 248 valence electrons. The number of fused-ring (bicyclic) bond motifs is 2. The molecule has 1 amide bonds. The van der Waals surface area contributed by atoms with E-state index in [4.69, 9.17) is 37.9 Å². The van der Waals surface area contributed by atoms with E-state index in [9.17, 15) is 10.1 Å². The van der Waals surface area contributed by atoms with Gasteiger partial charge in [-0.2, -0.15) is 15.2 Å². The highest BCUT2D eigenvalue weighted by Crippen LogP contribution is 2.37. The molecule has 0 unspecified atom stereocenters. The van der Waals surface area contributed by atoms with Crippen LogP contribution in [-0.4, -0.2) is 93.7 Å². The molecule has 2 aromatic heterocycles. The zero-order chi connectivity index (χ0) is 33.2. The fourth-order valence-electron chi connectivity index (χ4n) is 7.08. The summed E-state index contributed by atoms with van der Waals surface area (Å²) in [6, 6.07) is 14.9. The summed E-state index contributed by atoms with van der Waals surface area (Å²) in [6.45, 7) is 4.41. The molecule has 4 aromatic rings. The predicted octanol–water partition coefficient (Wildman–Crippen LogP) is 5.27. The van der Waals surface area contributed by atoms with E-state index < -0.39 is 0 Å². The number of carbonyl (C=O) groups is 1. The number of imidazole rings is 1. The highest BCUT2D eigenvalue weighted by atomic mass is 35.5. The molecule has 2 aromatic carbocycles. The Labute approximate surface area is 289 Å². The van der Waals surface area contributed by atoms with Gasteiger partial charge in [0.2, 0.25) is 5.91 Å². The van der Waals surface area contributed by atoms with Crippen LogP contribution in [0.5, 0.6) is 6.01 Å². The van der Waals surface area contributed by atoms with E-state index in [0.29, 0.717) is 50.0 Å². The van der Waals surface area contributed by atoms with Gasteiger partial charge < -0.3 is 28.9 Å². The van der Waals surface area contributed by atoms with Crippen LogP contribution in [0.3, 0.4) is 0 Å². The van der Waals surface area contributed by atoms with E-state index in [2.05, 4.69) is 57.1 Å². The number of likely N-dealkylation sites (tertiary alicyclic amines) is 1. The smallest absolute Gasteiger partial charge is 0.318 e. The second kappa shape index (κ2) is 14.0.